The molecule has 27 heavy (non-hydrogen) atoms. The fourth-order valence-corrected chi connectivity index (χ4v) is 3.87. The lowest BCUT2D eigenvalue weighted by Gasteiger charge is -2.33. The molecule has 3 rings (SSSR count). The van der Waals surface area contributed by atoms with Crippen LogP contribution in [0.2, 0.25) is 5.02 Å². The highest BCUT2D eigenvalue weighted by Gasteiger charge is 2.30. The molecule has 2 fully saturated rings. The van der Waals surface area contributed by atoms with Gasteiger partial charge < -0.3 is 15.5 Å². The van der Waals surface area contributed by atoms with Gasteiger partial charge in [0.05, 0.1) is 11.0 Å². The van der Waals surface area contributed by atoms with Crippen LogP contribution >= 0.6 is 11.6 Å². The first kappa shape index (κ1) is 19.6. The second-order valence-corrected chi connectivity index (χ2v) is 7.51. The van der Waals surface area contributed by atoms with Crippen molar-refractivity contribution in [1.82, 2.24) is 15.5 Å². The number of amides is 2. The number of nitrogens with one attached hydrogen (secondary N) is 2. The van der Waals surface area contributed by atoms with Crippen molar-refractivity contribution in [3.05, 3.63) is 38.9 Å². The Labute approximate surface area is 162 Å². The molecule has 0 aromatic heterocycles. The average molecular weight is 395 g/mol. The maximum Gasteiger partial charge on any atom is 0.282 e. The summed E-state index contributed by atoms with van der Waals surface area (Å²) in [4.78, 5) is 37.2. The van der Waals surface area contributed by atoms with Crippen LogP contribution in [0.15, 0.2) is 18.2 Å². The lowest BCUT2D eigenvalue weighted by molar-refractivity contribution is -0.385. The topological polar surface area (TPSA) is 105 Å². The van der Waals surface area contributed by atoms with Gasteiger partial charge in [0.2, 0.25) is 5.91 Å². The standard InChI is InChI=1S/C18H23ClN4O4/c19-13-5-6-16(23(26)27)14(9-13)18(25)22-8-2-3-12(11-22)10-21-17(24)15-4-1-7-20-15/h5-6,9,12,15,20H,1-4,7-8,10-11H2,(H,21,24). The molecule has 0 bridgehead atoms. The van der Waals surface area contributed by atoms with Crippen molar-refractivity contribution in [2.75, 3.05) is 26.2 Å². The third-order valence-electron chi connectivity index (χ3n) is 5.13. The number of piperidine rings is 1. The van der Waals surface area contributed by atoms with Gasteiger partial charge in [-0.1, -0.05) is 11.6 Å². The minimum atomic E-state index is -0.570. The Morgan fingerprint density at radius 1 is 1.33 bits per heavy atom. The Morgan fingerprint density at radius 2 is 2.15 bits per heavy atom. The van der Waals surface area contributed by atoms with E-state index in [1.807, 2.05) is 0 Å². The SMILES string of the molecule is O=C(NCC1CCCN(C(=O)c2cc(Cl)ccc2[N+](=O)[O-])C1)C1CCCN1. The van der Waals surface area contributed by atoms with Crippen LogP contribution in [-0.2, 0) is 4.79 Å². The summed E-state index contributed by atoms with van der Waals surface area (Å²) in [5, 5.41) is 17.6. The maximum atomic E-state index is 12.8. The number of halogens is 1. The minimum Gasteiger partial charge on any atom is -0.354 e. The van der Waals surface area contributed by atoms with Crippen LogP contribution in [0.25, 0.3) is 0 Å². The highest BCUT2D eigenvalue weighted by Crippen LogP contribution is 2.26. The number of likely N-dealkylation sites (tertiary alicyclic amines) is 1. The molecule has 1 aromatic carbocycles. The third-order valence-corrected chi connectivity index (χ3v) is 5.37. The molecule has 2 aliphatic rings. The number of nitro groups is 1. The number of carbonyl (C=O) groups excluding carboxylic acids is 2. The van der Waals surface area contributed by atoms with Gasteiger partial charge in [0.1, 0.15) is 5.56 Å². The molecule has 2 N–H and O–H groups in total. The van der Waals surface area contributed by atoms with E-state index >= 15 is 0 Å². The molecular weight excluding hydrogens is 372 g/mol. The zero-order valence-electron chi connectivity index (χ0n) is 14.9. The van der Waals surface area contributed by atoms with Crippen molar-refractivity contribution in [2.45, 2.75) is 31.7 Å². The van der Waals surface area contributed by atoms with Crippen LogP contribution < -0.4 is 10.6 Å². The fraction of sp³-hybridized carbons (Fsp3) is 0.556. The van der Waals surface area contributed by atoms with Crippen LogP contribution in [0.5, 0.6) is 0 Å². The van der Waals surface area contributed by atoms with E-state index in [-0.39, 0.29) is 34.1 Å². The summed E-state index contributed by atoms with van der Waals surface area (Å²) in [5.74, 6) is -0.259. The van der Waals surface area contributed by atoms with Crippen molar-refractivity contribution < 1.29 is 14.5 Å². The van der Waals surface area contributed by atoms with Crippen molar-refractivity contribution >= 4 is 29.1 Å². The van der Waals surface area contributed by atoms with Gasteiger partial charge in [-0.25, -0.2) is 0 Å². The number of nitro benzene ring substituents is 1. The summed E-state index contributed by atoms with van der Waals surface area (Å²) in [6.45, 7) is 2.36. The predicted octanol–water partition coefficient (Wildman–Crippen LogP) is 1.97. The van der Waals surface area contributed by atoms with E-state index < -0.39 is 10.8 Å². The van der Waals surface area contributed by atoms with E-state index in [1.54, 1.807) is 4.90 Å². The Bertz CT molecular complexity index is 736. The second-order valence-electron chi connectivity index (χ2n) is 7.07. The molecular formula is C18H23ClN4O4. The summed E-state index contributed by atoms with van der Waals surface area (Å²) < 4.78 is 0. The highest BCUT2D eigenvalue weighted by molar-refractivity contribution is 6.31. The number of carbonyl (C=O) groups is 2. The molecule has 0 aliphatic carbocycles. The van der Waals surface area contributed by atoms with Gasteiger partial charge in [0.15, 0.2) is 0 Å². The number of nitrogens with zero attached hydrogens (tertiary/aromatic N) is 2. The summed E-state index contributed by atoms with van der Waals surface area (Å²) in [6, 6.07) is 3.88. The van der Waals surface area contributed by atoms with Crippen LogP contribution in [-0.4, -0.2) is 53.9 Å². The zero-order chi connectivity index (χ0) is 19.4. The largest absolute Gasteiger partial charge is 0.354 e. The van der Waals surface area contributed by atoms with Crippen molar-refractivity contribution in [2.24, 2.45) is 5.92 Å². The first-order valence-corrected chi connectivity index (χ1v) is 9.58. The fourth-order valence-electron chi connectivity index (χ4n) is 3.70. The Balaban J connectivity index is 1.62. The number of rotatable bonds is 5. The number of hydrogen-bond donors (Lipinski definition) is 2. The van der Waals surface area contributed by atoms with Crippen molar-refractivity contribution in [1.29, 1.82) is 0 Å². The van der Waals surface area contributed by atoms with Crippen LogP contribution in [0.4, 0.5) is 5.69 Å². The van der Waals surface area contributed by atoms with Gasteiger partial charge in [-0.3, -0.25) is 19.7 Å². The first-order valence-electron chi connectivity index (χ1n) is 9.20. The van der Waals surface area contributed by atoms with E-state index in [4.69, 9.17) is 11.6 Å². The molecule has 2 saturated heterocycles. The summed E-state index contributed by atoms with van der Waals surface area (Å²) in [5.41, 5.74) is -0.237. The third kappa shape index (κ3) is 4.75. The lowest BCUT2D eigenvalue weighted by Crippen LogP contribution is -2.46. The Morgan fingerprint density at radius 3 is 2.85 bits per heavy atom. The summed E-state index contributed by atoms with van der Waals surface area (Å²) >= 11 is 5.93. The normalized spacial score (nSPS) is 22.5. The first-order chi connectivity index (χ1) is 13.0. The minimum absolute atomic E-state index is 0.00132. The molecule has 0 spiro atoms. The molecule has 9 heteroatoms. The molecule has 2 heterocycles. The number of hydrogen-bond acceptors (Lipinski definition) is 5. The molecule has 2 atom stereocenters. The maximum absolute atomic E-state index is 12.8. The van der Waals surface area contributed by atoms with Gasteiger partial charge in [-0.05, 0) is 50.3 Å². The highest BCUT2D eigenvalue weighted by atomic mass is 35.5. The van der Waals surface area contributed by atoms with E-state index in [0.717, 1.165) is 32.2 Å². The van der Waals surface area contributed by atoms with E-state index in [9.17, 15) is 19.7 Å². The van der Waals surface area contributed by atoms with Gasteiger partial charge >= 0.3 is 0 Å². The molecule has 146 valence electrons. The Kier molecular flexibility index (Phi) is 6.28. The van der Waals surface area contributed by atoms with Gasteiger partial charge in [-0.2, -0.15) is 0 Å². The molecule has 2 unspecified atom stereocenters. The summed E-state index contributed by atoms with van der Waals surface area (Å²) in [6.07, 6.45) is 3.55. The Hall–Kier alpha value is -2.19. The lowest BCUT2D eigenvalue weighted by atomic mass is 9.97. The number of benzene rings is 1. The van der Waals surface area contributed by atoms with E-state index in [2.05, 4.69) is 10.6 Å². The predicted molar refractivity (Wildman–Crippen MR) is 101 cm³/mol. The van der Waals surface area contributed by atoms with Gasteiger partial charge in [0, 0.05) is 30.7 Å². The summed E-state index contributed by atoms with van der Waals surface area (Å²) in [7, 11) is 0. The van der Waals surface area contributed by atoms with Crippen LogP contribution in [0, 0.1) is 16.0 Å². The quantitative estimate of drug-likeness (QED) is 0.586. The van der Waals surface area contributed by atoms with Crippen LogP contribution in [0.3, 0.4) is 0 Å². The monoisotopic (exact) mass is 394 g/mol. The molecule has 2 amide bonds. The van der Waals surface area contributed by atoms with Gasteiger partial charge in [0.25, 0.3) is 11.6 Å². The molecule has 0 radical (unpaired) electrons. The molecule has 8 nitrogen and oxygen atoms in total. The zero-order valence-corrected chi connectivity index (χ0v) is 15.7. The van der Waals surface area contributed by atoms with Crippen molar-refractivity contribution in [3.63, 3.8) is 0 Å². The average Bonchev–Trinajstić information content (AvgIpc) is 3.20. The van der Waals surface area contributed by atoms with E-state index in [0.29, 0.717) is 19.6 Å². The van der Waals surface area contributed by atoms with Gasteiger partial charge in [-0.15, -0.1) is 0 Å². The molecule has 0 saturated carbocycles. The molecule has 2 aliphatic heterocycles. The van der Waals surface area contributed by atoms with Crippen molar-refractivity contribution in [3.8, 4) is 0 Å². The second kappa shape index (κ2) is 8.67. The van der Waals surface area contributed by atoms with E-state index in [1.165, 1.54) is 18.2 Å². The molecule has 1 aromatic rings. The smallest absolute Gasteiger partial charge is 0.282 e. The van der Waals surface area contributed by atoms with Crippen LogP contribution in [0.1, 0.15) is 36.0 Å².